The zero-order valence-electron chi connectivity index (χ0n) is 12.7. The smallest absolute Gasteiger partial charge is 0.312 e. The van der Waals surface area contributed by atoms with Gasteiger partial charge in [0.05, 0.1) is 18.0 Å². The van der Waals surface area contributed by atoms with Gasteiger partial charge in [-0.1, -0.05) is 13.8 Å². The molecule has 8 heteroatoms. The van der Waals surface area contributed by atoms with E-state index in [4.69, 9.17) is 0 Å². The van der Waals surface area contributed by atoms with Crippen molar-refractivity contribution < 1.29 is 14.8 Å². The van der Waals surface area contributed by atoms with Crippen molar-refractivity contribution in [1.82, 2.24) is 14.7 Å². The largest absolute Gasteiger partial charge is 0.386 e. The van der Waals surface area contributed by atoms with Crippen molar-refractivity contribution in [1.29, 1.82) is 0 Å². The molecule has 21 heavy (non-hydrogen) atoms. The van der Waals surface area contributed by atoms with Crippen LogP contribution in [0.15, 0.2) is 0 Å². The molecule has 0 bridgehead atoms. The fourth-order valence-corrected chi connectivity index (χ4v) is 2.49. The van der Waals surface area contributed by atoms with Crippen LogP contribution in [-0.4, -0.2) is 49.3 Å². The first-order chi connectivity index (χ1) is 9.65. The molecule has 0 spiro atoms. The van der Waals surface area contributed by atoms with Crippen molar-refractivity contribution in [2.45, 2.75) is 39.8 Å². The van der Waals surface area contributed by atoms with Crippen molar-refractivity contribution in [3.8, 4) is 0 Å². The highest BCUT2D eigenvalue weighted by atomic mass is 16.6. The van der Waals surface area contributed by atoms with E-state index < -0.39 is 10.5 Å². The van der Waals surface area contributed by atoms with Crippen molar-refractivity contribution in [3.05, 3.63) is 21.5 Å². The van der Waals surface area contributed by atoms with E-state index in [0.717, 1.165) is 0 Å². The second-order valence-corrected chi connectivity index (χ2v) is 5.94. The van der Waals surface area contributed by atoms with E-state index in [9.17, 15) is 20.0 Å². The molecule has 0 aliphatic carbocycles. The second kappa shape index (κ2) is 5.10. The molecule has 0 aromatic carbocycles. The van der Waals surface area contributed by atoms with Crippen LogP contribution in [0.3, 0.4) is 0 Å². The molecule has 8 nitrogen and oxygen atoms in total. The predicted molar refractivity (Wildman–Crippen MR) is 74.7 cm³/mol. The average molecular weight is 296 g/mol. The molecule has 1 amide bonds. The number of nitro groups is 1. The van der Waals surface area contributed by atoms with Gasteiger partial charge in [-0.25, -0.2) is 0 Å². The normalized spacial score (nSPS) is 17.0. The summed E-state index contributed by atoms with van der Waals surface area (Å²) in [6, 6.07) is 0. The molecule has 1 fully saturated rings. The molecule has 1 saturated heterocycles. The van der Waals surface area contributed by atoms with E-state index >= 15 is 0 Å². The molecule has 0 atom stereocenters. The Kier molecular flexibility index (Phi) is 3.75. The summed E-state index contributed by atoms with van der Waals surface area (Å²) in [5.74, 6) is -0.114. The molecule has 1 N–H and O–H groups in total. The summed E-state index contributed by atoms with van der Waals surface area (Å²) in [5.41, 5.74) is -0.209. The third-order valence-electron chi connectivity index (χ3n) is 4.17. The van der Waals surface area contributed by atoms with Gasteiger partial charge in [-0.3, -0.25) is 19.6 Å². The van der Waals surface area contributed by atoms with Crippen molar-refractivity contribution in [3.63, 3.8) is 0 Å². The Balaban J connectivity index is 2.06. The van der Waals surface area contributed by atoms with Crippen LogP contribution >= 0.6 is 0 Å². The highest BCUT2D eigenvalue weighted by Crippen LogP contribution is 2.29. The Bertz CT molecular complexity index is 587. The Morgan fingerprint density at radius 1 is 1.48 bits per heavy atom. The number of aliphatic hydroxyl groups is 1. The summed E-state index contributed by atoms with van der Waals surface area (Å²) >= 11 is 0. The fraction of sp³-hybridized carbons (Fsp3) is 0.692. The summed E-state index contributed by atoms with van der Waals surface area (Å²) < 4.78 is 1.35. The quantitative estimate of drug-likeness (QED) is 0.649. The molecule has 2 heterocycles. The van der Waals surface area contributed by atoms with Gasteiger partial charge in [0.2, 0.25) is 5.91 Å². The Hall–Kier alpha value is -1.96. The molecule has 2 rings (SSSR count). The van der Waals surface area contributed by atoms with Crippen LogP contribution in [-0.2, 0) is 11.3 Å². The number of β-amino-alcohol motifs (C(OH)–C–C–N with tert-alkyl or cyclic N) is 1. The minimum atomic E-state index is -0.823. The number of hydrogen-bond acceptors (Lipinski definition) is 5. The number of nitrogens with zero attached hydrogens (tertiary/aromatic N) is 4. The van der Waals surface area contributed by atoms with E-state index in [1.165, 1.54) is 4.68 Å². The first-order valence-electron chi connectivity index (χ1n) is 6.84. The van der Waals surface area contributed by atoms with Gasteiger partial charge in [0.25, 0.3) is 0 Å². The fourth-order valence-electron chi connectivity index (χ4n) is 2.49. The first-order valence-corrected chi connectivity index (χ1v) is 6.84. The monoisotopic (exact) mass is 296 g/mol. The Labute approximate surface area is 122 Å². The third kappa shape index (κ3) is 2.63. The predicted octanol–water partition coefficient (Wildman–Crippen LogP) is 0.637. The summed E-state index contributed by atoms with van der Waals surface area (Å²) in [6.07, 6.45) is 0. The number of amides is 1. The number of carbonyl (C=O) groups is 1. The molecule has 0 saturated carbocycles. The van der Waals surface area contributed by atoms with Gasteiger partial charge in [-0.05, 0) is 19.8 Å². The van der Waals surface area contributed by atoms with E-state index in [1.54, 1.807) is 18.7 Å². The molecule has 1 aromatic heterocycles. The maximum absolute atomic E-state index is 12.1. The molecule has 0 radical (unpaired) electrons. The molecular weight excluding hydrogens is 276 g/mol. The zero-order valence-corrected chi connectivity index (χ0v) is 12.7. The van der Waals surface area contributed by atoms with E-state index in [2.05, 4.69) is 5.10 Å². The minimum Gasteiger partial charge on any atom is -0.386 e. The van der Waals surface area contributed by atoms with Crippen LogP contribution in [0.4, 0.5) is 5.69 Å². The van der Waals surface area contributed by atoms with Gasteiger partial charge in [0.15, 0.2) is 0 Å². The zero-order chi connectivity index (χ0) is 15.9. The van der Waals surface area contributed by atoms with Crippen molar-refractivity contribution in [2.24, 2.45) is 5.92 Å². The molecule has 1 aliphatic rings. The SMILES string of the molecule is Cc1nn(CC(=O)N2CC(O)(C(C)C)C2)c(C)c1[N+](=O)[O-]. The summed E-state index contributed by atoms with van der Waals surface area (Å²) in [4.78, 5) is 24.1. The lowest BCUT2D eigenvalue weighted by atomic mass is 9.83. The van der Waals surface area contributed by atoms with E-state index in [1.807, 2.05) is 13.8 Å². The van der Waals surface area contributed by atoms with Crippen LogP contribution in [0.1, 0.15) is 25.2 Å². The molecular formula is C13H20N4O4. The van der Waals surface area contributed by atoms with Crippen LogP contribution < -0.4 is 0 Å². The molecule has 1 aliphatic heterocycles. The lowest BCUT2D eigenvalue weighted by molar-refractivity contribution is -0.386. The van der Waals surface area contributed by atoms with Crippen LogP contribution in [0.25, 0.3) is 0 Å². The topological polar surface area (TPSA) is 102 Å². The highest BCUT2D eigenvalue weighted by Gasteiger charge is 2.45. The Morgan fingerprint density at radius 2 is 2.05 bits per heavy atom. The average Bonchev–Trinajstić information content (AvgIpc) is 2.59. The summed E-state index contributed by atoms with van der Waals surface area (Å²) in [5, 5.41) is 25.1. The number of hydrogen-bond donors (Lipinski definition) is 1. The molecule has 0 unspecified atom stereocenters. The summed E-state index contributed by atoms with van der Waals surface area (Å²) in [7, 11) is 0. The van der Waals surface area contributed by atoms with Gasteiger partial charge >= 0.3 is 5.69 Å². The number of carbonyl (C=O) groups excluding carboxylic acids is 1. The van der Waals surface area contributed by atoms with E-state index in [0.29, 0.717) is 24.5 Å². The maximum Gasteiger partial charge on any atom is 0.312 e. The number of likely N-dealkylation sites (tertiary alicyclic amines) is 1. The standard InChI is InChI=1S/C13H20N4O4/c1-8(2)13(19)6-15(7-13)11(18)5-16-10(4)12(17(20)21)9(3)14-16/h8,19H,5-7H2,1-4H3. The van der Waals surface area contributed by atoms with Gasteiger partial charge < -0.3 is 10.0 Å². The van der Waals surface area contributed by atoms with Crippen molar-refractivity contribution in [2.75, 3.05) is 13.1 Å². The highest BCUT2D eigenvalue weighted by molar-refractivity contribution is 5.77. The number of aromatic nitrogens is 2. The van der Waals surface area contributed by atoms with Gasteiger partial charge in [-0.2, -0.15) is 5.10 Å². The van der Waals surface area contributed by atoms with Gasteiger partial charge in [-0.15, -0.1) is 0 Å². The van der Waals surface area contributed by atoms with Gasteiger partial charge in [0.1, 0.15) is 23.5 Å². The first kappa shape index (κ1) is 15.4. The van der Waals surface area contributed by atoms with Crippen LogP contribution in [0.2, 0.25) is 0 Å². The van der Waals surface area contributed by atoms with Crippen molar-refractivity contribution >= 4 is 11.6 Å². The van der Waals surface area contributed by atoms with Crippen LogP contribution in [0, 0.1) is 29.9 Å². The maximum atomic E-state index is 12.1. The lowest BCUT2D eigenvalue weighted by Gasteiger charge is -2.49. The lowest BCUT2D eigenvalue weighted by Crippen LogP contribution is -2.66. The third-order valence-corrected chi connectivity index (χ3v) is 4.17. The Morgan fingerprint density at radius 3 is 2.48 bits per heavy atom. The molecule has 1 aromatic rings. The van der Waals surface area contributed by atoms with Gasteiger partial charge in [0, 0.05) is 0 Å². The van der Waals surface area contributed by atoms with Crippen LogP contribution in [0.5, 0.6) is 0 Å². The number of aryl methyl sites for hydroxylation is 1. The second-order valence-electron chi connectivity index (χ2n) is 5.94. The summed E-state index contributed by atoms with van der Waals surface area (Å²) in [6.45, 7) is 7.49. The minimum absolute atomic E-state index is 0.0469. The molecule has 116 valence electrons. The van der Waals surface area contributed by atoms with E-state index in [-0.39, 0.29) is 24.1 Å². The number of rotatable bonds is 4.